The second kappa shape index (κ2) is 7.39. The van der Waals surface area contributed by atoms with Gasteiger partial charge in [0.25, 0.3) is 0 Å². The summed E-state index contributed by atoms with van der Waals surface area (Å²) < 4.78 is 0. The van der Waals surface area contributed by atoms with E-state index < -0.39 is 0 Å². The number of hydrogen-bond donors (Lipinski definition) is 1. The minimum Gasteiger partial charge on any atom is -0.392 e. The molecule has 0 aromatic heterocycles. The smallest absolute Gasteiger partial charge is 0.0662 e. The van der Waals surface area contributed by atoms with Crippen molar-refractivity contribution >= 4 is 23.4 Å². The molecule has 1 aliphatic rings. The van der Waals surface area contributed by atoms with Gasteiger partial charge in [-0.05, 0) is 61.1 Å². The first-order chi connectivity index (χ1) is 9.86. The third-order valence-corrected chi connectivity index (χ3v) is 6.09. The van der Waals surface area contributed by atoms with E-state index in [0.29, 0.717) is 11.3 Å². The molecular weight excluding hydrogens is 300 g/mol. The second-order valence-electron chi connectivity index (χ2n) is 7.31. The van der Waals surface area contributed by atoms with Crippen molar-refractivity contribution in [3.63, 3.8) is 0 Å². The van der Waals surface area contributed by atoms with Crippen LogP contribution in [-0.4, -0.2) is 17.0 Å². The first-order valence-electron chi connectivity index (χ1n) is 7.92. The molecule has 2 rings (SSSR count). The van der Waals surface area contributed by atoms with Crippen molar-refractivity contribution in [2.75, 3.05) is 5.75 Å². The fourth-order valence-electron chi connectivity index (χ4n) is 3.24. The molecule has 1 atom stereocenters. The molecule has 0 bridgehead atoms. The van der Waals surface area contributed by atoms with Gasteiger partial charge >= 0.3 is 0 Å². The van der Waals surface area contributed by atoms with Crippen LogP contribution in [0.2, 0.25) is 5.02 Å². The van der Waals surface area contributed by atoms with Crippen LogP contribution in [-0.2, 0) is 0 Å². The number of aliphatic hydroxyl groups is 1. The molecule has 1 unspecified atom stereocenters. The van der Waals surface area contributed by atoms with Crippen molar-refractivity contribution in [2.24, 2.45) is 17.3 Å². The van der Waals surface area contributed by atoms with E-state index in [1.165, 1.54) is 25.7 Å². The van der Waals surface area contributed by atoms with E-state index in [2.05, 4.69) is 26.8 Å². The number of thioether (sulfide) groups is 1. The highest BCUT2D eigenvalue weighted by molar-refractivity contribution is 7.99. The summed E-state index contributed by atoms with van der Waals surface area (Å²) in [6, 6.07) is 7.87. The van der Waals surface area contributed by atoms with E-state index in [0.717, 1.165) is 21.6 Å². The van der Waals surface area contributed by atoms with Crippen LogP contribution in [0.1, 0.15) is 46.5 Å². The predicted molar refractivity (Wildman–Crippen MR) is 93.1 cm³/mol. The SMILES string of the molecule is CC(C)(C)C1CCC(C(O)CSc2cccc(Cl)c2)CC1. The fraction of sp³-hybridized carbons (Fsp3) is 0.667. The van der Waals surface area contributed by atoms with Crippen LogP contribution >= 0.6 is 23.4 Å². The second-order valence-corrected chi connectivity index (χ2v) is 8.84. The minimum atomic E-state index is -0.199. The number of halogens is 1. The Hall–Kier alpha value is -0.180. The molecule has 1 aromatic rings. The maximum atomic E-state index is 10.4. The summed E-state index contributed by atoms with van der Waals surface area (Å²) in [6.45, 7) is 7.01. The number of benzene rings is 1. The molecule has 0 heterocycles. The third-order valence-electron chi connectivity index (χ3n) is 4.76. The largest absolute Gasteiger partial charge is 0.392 e. The molecule has 1 aliphatic carbocycles. The molecule has 1 N–H and O–H groups in total. The number of aliphatic hydroxyl groups excluding tert-OH is 1. The van der Waals surface area contributed by atoms with E-state index in [1.54, 1.807) is 11.8 Å². The van der Waals surface area contributed by atoms with Crippen molar-refractivity contribution in [1.29, 1.82) is 0 Å². The summed E-state index contributed by atoms with van der Waals surface area (Å²) in [5, 5.41) is 11.2. The molecule has 21 heavy (non-hydrogen) atoms. The number of hydrogen-bond acceptors (Lipinski definition) is 2. The molecule has 0 radical (unpaired) electrons. The lowest BCUT2D eigenvalue weighted by Gasteiger charge is -2.38. The Morgan fingerprint density at radius 1 is 1.24 bits per heavy atom. The molecule has 0 aliphatic heterocycles. The fourth-order valence-corrected chi connectivity index (χ4v) is 4.52. The Labute approximate surface area is 138 Å². The van der Waals surface area contributed by atoms with Crippen molar-refractivity contribution < 1.29 is 5.11 Å². The molecule has 1 aromatic carbocycles. The van der Waals surface area contributed by atoms with Gasteiger partial charge in [0.15, 0.2) is 0 Å². The van der Waals surface area contributed by atoms with Crippen molar-refractivity contribution in [3.05, 3.63) is 29.3 Å². The molecular formula is C18H27ClOS. The molecule has 0 spiro atoms. The van der Waals surface area contributed by atoms with Gasteiger partial charge in [-0.15, -0.1) is 11.8 Å². The van der Waals surface area contributed by atoms with Crippen LogP contribution in [0.25, 0.3) is 0 Å². The van der Waals surface area contributed by atoms with Gasteiger partial charge in [0.05, 0.1) is 6.10 Å². The molecule has 1 saturated carbocycles. The van der Waals surface area contributed by atoms with Crippen molar-refractivity contribution in [2.45, 2.75) is 57.5 Å². The highest BCUT2D eigenvalue weighted by Gasteiger charge is 2.32. The normalized spacial score (nSPS) is 24.8. The van der Waals surface area contributed by atoms with Gasteiger partial charge in [-0.2, -0.15) is 0 Å². The molecule has 3 heteroatoms. The maximum absolute atomic E-state index is 10.4. The lowest BCUT2D eigenvalue weighted by Crippen LogP contribution is -2.31. The first kappa shape index (κ1) is 17.2. The minimum absolute atomic E-state index is 0.199. The van der Waals surface area contributed by atoms with E-state index in [4.69, 9.17) is 11.6 Å². The molecule has 1 nitrogen and oxygen atoms in total. The van der Waals surface area contributed by atoms with Gasteiger partial charge in [0.2, 0.25) is 0 Å². The molecule has 1 fully saturated rings. The zero-order valence-electron chi connectivity index (χ0n) is 13.3. The van der Waals surface area contributed by atoms with Gasteiger partial charge in [-0.25, -0.2) is 0 Å². The summed E-state index contributed by atoms with van der Waals surface area (Å²) in [7, 11) is 0. The van der Waals surface area contributed by atoms with Gasteiger partial charge in [0.1, 0.15) is 0 Å². The summed E-state index contributed by atoms with van der Waals surface area (Å²) in [6.07, 6.45) is 4.65. The summed E-state index contributed by atoms with van der Waals surface area (Å²) in [5.41, 5.74) is 0.408. The Kier molecular flexibility index (Phi) is 6.05. The molecule has 0 amide bonds. The van der Waals surface area contributed by atoms with Crippen LogP contribution in [0.3, 0.4) is 0 Å². The van der Waals surface area contributed by atoms with Crippen molar-refractivity contribution in [3.8, 4) is 0 Å². The zero-order valence-corrected chi connectivity index (χ0v) is 14.9. The molecule has 0 saturated heterocycles. The molecule has 118 valence electrons. The lowest BCUT2D eigenvalue weighted by atomic mass is 9.69. The highest BCUT2D eigenvalue weighted by atomic mass is 35.5. The maximum Gasteiger partial charge on any atom is 0.0662 e. The van der Waals surface area contributed by atoms with Gasteiger partial charge in [0, 0.05) is 15.7 Å². The Morgan fingerprint density at radius 2 is 1.90 bits per heavy atom. The quantitative estimate of drug-likeness (QED) is 0.722. The van der Waals surface area contributed by atoms with Crippen LogP contribution in [0.5, 0.6) is 0 Å². The summed E-state index contributed by atoms with van der Waals surface area (Å²) in [4.78, 5) is 1.14. The van der Waals surface area contributed by atoms with E-state index in [-0.39, 0.29) is 6.10 Å². The van der Waals surface area contributed by atoms with E-state index >= 15 is 0 Å². The topological polar surface area (TPSA) is 20.2 Å². The summed E-state index contributed by atoms with van der Waals surface area (Å²) in [5.74, 6) is 2.04. The zero-order chi connectivity index (χ0) is 15.5. The van der Waals surface area contributed by atoms with Gasteiger partial charge in [-0.3, -0.25) is 0 Å². The average Bonchev–Trinajstić information content (AvgIpc) is 2.44. The van der Waals surface area contributed by atoms with Crippen molar-refractivity contribution in [1.82, 2.24) is 0 Å². The first-order valence-corrected chi connectivity index (χ1v) is 9.29. The predicted octanol–water partition coefficient (Wildman–Crippen LogP) is 5.65. The summed E-state index contributed by atoms with van der Waals surface area (Å²) >= 11 is 7.70. The van der Waals surface area contributed by atoms with E-state index in [9.17, 15) is 5.11 Å². The van der Waals surface area contributed by atoms with Gasteiger partial charge in [-0.1, -0.05) is 38.4 Å². The van der Waals surface area contributed by atoms with Gasteiger partial charge < -0.3 is 5.11 Å². The van der Waals surface area contributed by atoms with Crippen LogP contribution in [0.4, 0.5) is 0 Å². The Balaban J connectivity index is 1.78. The van der Waals surface area contributed by atoms with E-state index in [1.807, 2.05) is 18.2 Å². The van der Waals surface area contributed by atoms with Crippen LogP contribution in [0, 0.1) is 17.3 Å². The highest BCUT2D eigenvalue weighted by Crippen LogP contribution is 2.41. The Bertz CT molecular complexity index is 447. The average molecular weight is 327 g/mol. The number of rotatable bonds is 4. The Morgan fingerprint density at radius 3 is 2.48 bits per heavy atom. The monoisotopic (exact) mass is 326 g/mol. The van der Waals surface area contributed by atoms with Crippen LogP contribution in [0.15, 0.2) is 29.2 Å². The third kappa shape index (κ3) is 5.19. The standard InChI is InChI=1S/C18H27ClOS/c1-18(2,3)14-9-7-13(8-10-14)17(20)12-21-16-6-4-5-15(19)11-16/h4-6,11,13-14,17,20H,7-10,12H2,1-3H3. The van der Waals surface area contributed by atoms with Crippen LogP contribution < -0.4 is 0 Å². The lowest BCUT2D eigenvalue weighted by molar-refractivity contribution is 0.0674.